The van der Waals surface area contributed by atoms with Crippen LogP contribution in [0.4, 0.5) is 19.0 Å². The number of hydrogen-bond donors (Lipinski definition) is 2. The Kier molecular flexibility index (Phi) is 3.11. The summed E-state index contributed by atoms with van der Waals surface area (Å²) in [7, 11) is 0. The van der Waals surface area contributed by atoms with Crippen molar-refractivity contribution in [2.24, 2.45) is 0 Å². The first-order chi connectivity index (χ1) is 8.88. The van der Waals surface area contributed by atoms with Crippen molar-refractivity contribution in [1.82, 2.24) is 15.4 Å². The van der Waals surface area contributed by atoms with Crippen LogP contribution in [0, 0.1) is 0 Å². The number of carbonyl (C=O) groups is 1. The lowest BCUT2D eigenvalue weighted by molar-refractivity contribution is -0.137. The van der Waals surface area contributed by atoms with Gasteiger partial charge in [-0.05, 0) is 18.2 Å². The Labute approximate surface area is 104 Å². The SMILES string of the molecule is Nc1n[nH]nc1C(=O)Oc1cccc(C(F)(F)F)c1. The Hall–Kier alpha value is -2.58. The number of alkyl halides is 3. The normalized spacial score (nSPS) is 11.3. The number of benzene rings is 1. The lowest BCUT2D eigenvalue weighted by Gasteiger charge is -2.08. The number of nitrogens with zero attached hydrogens (tertiary/aromatic N) is 2. The Morgan fingerprint density at radius 3 is 2.63 bits per heavy atom. The van der Waals surface area contributed by atoms with Gasteiger partial charge in [-0.3, -0.25) is 0 Å². The fourth-order valence-electron chi connectivity index (χ4n) is 1.28. The van der Waals surface area contributed by atoms with Crippen molar-refractivity contribution in [3.8, 4) is 5.75 Å². The lowest BCUT2D eigenvalue weighted by Crippen LogP contribution is -2.12. The largest absolute Gasteiger partial charge is 0.422 e. The zero-order chi connectivity index (χ0) is 14.0. The summed E-state index contributed by atoms with van der Waals surface area (Å²) in [4.78, 5) is 11.6. The summed E-state index contributed by atoms with van der Waals surface area (Å²) in [5, 5.41) is 8.92. The van der Waals surface area contributed by atoms with E-state index >= 15 is 0 Å². The molecule has 2 rings (SSSR count). The van der Waals surface area contributed by atoms with Gasteiger partial charge in [0.05, 0.1) is 5.56 Å². The van der Waals surface area contributed by atoms with Crippen molar-refractivity contribution in [3.63, 3.8) is 0 Å². The van der Waals surface area contributed by atoms with Crippen molar-refractivity contribution >= 4 is 11.8 Å². The van der Waals surface area contributed by atoms with Crippen LogP contribution in [0.3, 0.4) is 0 Å². The second-order valence-corrected chi connectivity index (χ2v) is 3.47. The van der Waals surface area contributed by atoms with Crippen LogP contribution in [0.2, 0.25) is 0 Å². The molecule has 0 aliphatic carbocycles. The summed E-state index contributed by atoms with van der Waals surface area (Å²) in [6.07, 6.45) is -4.52. The number of esters is 1. The van der Waals surface area contributed by atoms with Crippen LogP contribution >= 0.6 is 0 Å². The average molecular weight is 272 g/mol. The fourth-order valence-corrected chi connectivity index (χ4v) is 1.28. The fraction of sp³-hybridized carbons (Fsp3) is 0.100. The zero-order valence-corrected chi connectivity index (χ0v) is 9.23. The molecule has 0 fully saturated rings. The van der Waals surface area contributed by atoms with Crippen molar-refractivity contribution in [3.05, 3.63) is 35.5 Å². The molecule has 2 aromatic rings. The van der Waals surface area contributed by atoms with Crippen LogP contribution in [0.15, 0.2) is 24.3 Å². The van der Waals surface area contributed by atoms with Gasteiger partial charge >= 0.3 is 12.1 Å². The first-order valence-electron chi connectivity index (χ1n) is 4.93. The van der Waals surface area contributed by atoms with Gasteiger partial charge < -0.3 is 10.5 Å². The molecule has 19 heavy (non-hydrogen) atoms. The summed E-state index contributed by atoms with van der Waals surface area (Å²) in [5.74, 6) is -1.45. The third kappa shape index (κ3) is 2.81. The summed E-state index contributed by atoms with van der Waals surface area (Å²) in [6, 6.07) is 3.90. The molecule has 0 saturated carbocycles. The van der Waals surface area contributed by atoms with Gasteiger partial charge in [0.1, 0.15) is 5.75 Å². The van der Waals surface area contributed by atoms with Gasteiger partial charge in [-0.1, -0.05) is 6.07 Å². The van der Waals surface area contributed by atoms with Crippen molar-refractivity contribution in [2.75, 3.05) is 5.73 Å². The highest BCUT2D eigenvalue weighted by Gasteiger charge is 2.31. The van der Waals surface area contributed by atoms with Crippen LogP contribution in [0.1, 0.15) is 16.1 Å². The van der Waals surface area contributed by atoms with Crippen LogP contribution in [0.5, 0.6) is 5.75 Å². The molecule has 0 aliphatic rings. The van der Waals surface area contributed by atoms with Gasteiger partial charge in [0.15, 0.2) is 5.82 Å². The van der Waals surface area contributed by atoms with E-state index in [1.54, 1.807) is 0 Å². The van der Waals surface area contributed by atoms with E-state index in [-0.39, 0.29) is 17.3 Å². The molecule has 0 radical (unpaired) electrons. The topological polar surface area (TPSA) is 93.9 Å². The van der Waals surface area contributed by atoms with Crippen molar-refractivity contribution < 1.29 is 22.7 Å². The highest BCUT2D eigenvalue weighted by molar-refractivity contribution is 5.93. The zero-order valence-electron chi connectivity index (χ0n) is 9.23. The Balaban J connectivity index is 2.21. The minimum Gasteiger partial charge on any atom is -0.422 e. The minimum atomic E-state index is -4.52. The number of H-pyrrole nitrogens is 1. The van der Waals surface area contributed by atoms with E-state index in [1.807, 2.05) is 0 Å². The number of nitrogen functional groups attached to an aromatic ring is 1. The molecule has 0 aliphatic heterocycles. The minimum absolute atomic E-state index is 0.197. The highest BCUT2D eigenvalue weighted by atomic mass is 19.4. The van der Waals surface area contributed by atoms with Crippen LogP contribution in [0.25, 0.3) is 0 Å². The smallest absolute Gasteiger partial charge is 0.416 e. The van der Waals surface area contributed by atoms with E-state index < -0.39 is 17.7 Å². The van der Waals surface area contributed by atoms with Gasteiger partial charge in [-0.2, -0.15) is 18.4 Å². The monoisotopic (exact) mass is 272 g/mol. The van der Waals surface area contributed by atoms with Gasteiger partial charge in [-0.15, -0.1) is 10.2 Å². The third-order valence-corrected chi connectivity index (χ3v) is 2.14. The number of nitrogens with one attached hydrogen (secondary N) is 1. The summed E-state index contributed by atoms with van der Waals surface area (Å²) in [6.45, 7) is 0. The van der Waals surface area contributed by atoms with E-state index in [1.165, 1.54) is 6.07 Å². The Morgan fingerprint density at radius 2 is 2.05 bits per heavy atom. The molecule has 6 nitrogen and oxygen atoms in total. The Bertz CT molecular complexity index is 609. The highest BCUT2D eigenvalue weighted by Crippen LogP contribution is 2.31. The van der Waals surface area contributed by atoms with Crippen LogP contribution in [-0.4, -0.2) is 21.4 Å². The first-order valence-corrected chi connectivity index (χ1v) is 4.93. The maximum absolute atomic E-state index is 12.5. The number of carbonyl (C=O) groups excluding carboxylic acids is 1. The van der Waals surface area contributed by atoms with Crippen molar-refractivity contribution in [2.45, 2.75) is 6.18 Å². The van der Waals surface area contributed by atoms with E-state index in [0.717, 1.165) is 12.1 Å². The molecule has 0 bridgehead atoms. The number of halogens is 3. The molecule has 1 aromatic heterocycles. The summed E-state index contributed by atoms with van der Waals surface area (Å²) >= 11 is 0. The number of anilines is 1. The molecular weight excluding hydrogens is 265 g/mol. The molecular formula is C10H7F3N4O2. The van der Waals surface area contributed by atoms with Gasteiger partial charge in [0.2, 0.25) is 5.69 Å². The predicted octanol–water partition coefficient (Wildman–Crippen LogP) is 1.62. The quantitative estimate of drug-likeness (QED) is 0.640. The number of rotatable bonds is 2. The van der Waals surface area contributed by atoms with Gasteiger partial charge in [0, 0.05) is 0 Å². The Morgan fingerprint density at radius 1 is 1.32 bits per heavy atom. The molecule has 0 atom stereocenters. The van der Waals surface area contributed by atoms with E-state index in [2.05, 4.69) is 15.4 Å². The molecule has 3 N–H and O–H groups in total. The second-order valence-electron chi connectivity index (χ2n) is 3.47. The average Bonchev–Trinajstić information content (AvgIpc) is 2.75. The molecule has 1 heterocycles. The van der Waals surface area contributed by atoms with E-state index in [0.29, 0.717) is 6.07 Å². The molecule has 0 amide bonds. The molecule has 1 aromatic carbocycles. The molecule has 0 saturated heterocycles. The van der Waals surface area contributed by atoms with Gasteiger partial charge in [0.25, 0.3) is 0 Å². The number of aromatic nitrogens is 3. The molecule has 0 unspecified atom stereocenters. The lowest BCUT2D eigenvalue weighted by atomic mass is 10.2. The summed E-state index contributed by atoms with van der Waals surface area (Å²) in [5.41, 5.74) is 4.09. The van der Waals surface area contributed by atoms with Crippen LogP contribution < -0.4 is 10.5 Å². The summed E-state index contributed by atoms with van der Waals surface area (Å²) < 4.78 is 42.1. The number of aromatic amines is 1. The van der Waals surface area contributed by atoms with E-state index in [4.69, 9.17) is 10.5 Å². The maximum atomic E-state index is 12.5. The standard InChI is InChI=1S/C10H7F3N4O2/c11-10(12,13)5-2-1-3-6(4-5)19-9(18)7-8(14)16-17-15-7/h1-4H,(H3,14,15,16,17). The second kappa shape index (κ2) is 4.59. The molecule has 9 heteroatoms. The number of nitrogens with two attached hydrogens (primary N) is 1. The number of ether oxygens (including phenoxy) is 1. The number of hydrogen-bond acceptors (Lipinski definition) is 5. The van der Waals surface area contributed by atoms with Crippen LogP contribution in [-0.2, 0) is 6.18 Å². The molecule has 0 spiro atoms. The molecule has 100 valence electrons. The third-order valence-electron chi connectivity index (χ3n) is 2.14. The van der Waals surface area contributed by atoms with Crippen molar-refractivity contribution in [1.29, 1.82) is 0 Å². The predicted molar refractivity (Wildman–Crippen MR) is 57.2 cm³/mol. The van der Waals surface area contributed by atoms with E-state index in [9.17, 15) is 18.0 Å². The maximum Gasteiger partial charge on any atom is 0.416 e. The first kappa shape index (κ1) is 12.9. The van der Waals surface area contributed by atoms with Gasteiger partial charge in [-0.25, -0.2) is 4.79 Å².